The number of fused-ring (bicyclic) bond motifs is 1. The molecule has 0 bridgehead atoms. The molecule has 0 N–H and O–H groups in total. The van der Waals surface area contributed by atoms with E-state index in [1.165, 1.54) is 0 Å². The van der Waals surface area contributed by atoms with Crippen LogP contribution in [0.4, 0.5) is 0 Å². The molecule has 3 aromatic rings. The van der Waals surface area contributed by atoms with Crippen molar-refractivity contribution in [2.75, 3.05) is 20.3 Å². The molecule has 7 heteroatoms. The maximum atomic E-state index is 12.2. The van der Waals surface area contributed by atoms with Crippen molar-refractivity contribution in [3.8, 4) is 28.7 Å². The third kappa shape index (κ3) is 5.45. The standard InChI is InChI=1S/C26H29ClO6/c1-6-22(28)33-24-21-15-18(27)11-14-20(21)23(25(30-7-2)26(24)31-8-3)32-16(4)17-9-12-19(29-5)13-10-17/h9-16H,6-8H2,1-5H3. The molecule has 0 radical (unpaired) electrons. The van der Waals surface area contributed by atoms with Crippen LogP contribution in [0.25, 0.3) is 10.8 Å². The number of hydrogen-bond acceptors (Lipinski definition) is 6. The van der Waals surface area contributed by atoms with Gasteiger partial charge in [-0.3, -0.25) is 4.79 Å². The molecular formula is C26H29ClO6. The largest absolute Gasteiger partial charge is 0.497 e. The van der Waals surface area contributed by atoms with Gasteiger partial charge in [0.25, 0.3) is 0 Å². The van der Waals surface area contributed by atoms with E-state index in [0.29, 0.717) is 46.3 Å². The summed E-state index contributed by atoms with van der Waals surface area (Å²) in [7, 11) is 1.63. The summed E-state index contributed by atoms with van der Waals surface area (Å²) < 4.78 is 29.3. The molecule has 0 aromatic heterocycles. The summed E-state index contributed by atoms with van der Waals surface area (Å²) in [4.78, 5) is 12.2. The van der Waals surface area contributed by atoms with Gasteiger partial charge in [-0.25, -0.2) is 0 Å². The van der Waals surface area contributed by atoms with Crippen molar-refractivity contribution in [2.24, 2.45) is 0 Å². The number of carbonyl (C=O) groups is 1. The molecule has 0 heterocycles. The zero-order valence-electron chi connectivity index (χ0n) is 19.6. The highest BCUT2D eigenvalue weighted by atomic mass is 35.5. The molecule has 0 amide bonds. The Labute approximate surface area is 199 Å². The van der Waals surface area contributed by atoms with E-state index in [9.17, 15) is 4.79 Å². The predicted octanol–water partition coefficient (Wildman–Crippen LogP) is 6.75. The molecule has 0 fully saturated rings. The highest BCUT2D eigenvalue weighted by molar-refractivity contribution is 6.31. The summed E-state index contributed by atoms with van der Waals surface area (Å²) in [5.41, 5.74) is 0.958. The van der Waals surface area contributed by atoms with Gasteiger partial charge in [0.15, 0.2) is 11.5 Å². The fraction of sp³-hybridized carbons (Fsp3) is 0.346. The zero-order valence-corrected chi connectivity index (χ0v) is 20.3. The predicted molar refractivity (Wildman–Crippen MR) is 129 cm³/mol. The van der Waals surface area contributed by atoms with Crippen LogP contribution in [-0.4, -0.2) is 26.3 Å². The third-order valence-electron chi connectivity index (χ3n) is 5.05. The fourth-order valence-corrected chi connectivity index (χ4v) is 3.60. The normalized spacial score (nSPS) is 11.7. The Kier molecular flexibility index (Phi) is 8.28. The number of hydrogen-bond donors (Lipinski definition) is 0. The second-order valence-corrected chi connectivity index (χ2v) is 7.67. The van der Waals surface area contributed by atoms with Gasteiger partial charge >= 0.3 is 5.97 Å². The minimum absolute atomic E-state index is 0.213. The Bertz CT molecular complexity index is 1110. The fourth-order valence-electron chi connectivity index (χ4n) is 3.43. The molecule has 176 valence electrons. The van der Waals surface area contributed by atoms with Gasteiger partial charge in [-0.05, 0) is 56.7 Å². The third-order valence-corrected chi connectivity index (χ3v) is 5.29. The zero-order chi connectivity index (χ0) is 24.0. The van der Waals surface area contributed by atoms with Crippen LogP contribution in [0.1, 0.15) is 45.8 Å². The van der Waals surface area contributed by atoms with Gasteiger partial charge in [0.05, 0.1) is 20.3 Å². The second kappa shape index (κ2) is 11.1. The first kappa shape index (κ1) is 24.5. The Morgan fingerprint density at radius 3 is 2.09 bits per heavy atom. The van der Waals surface area contributed by atoms with Crippen LogP contribution in [-0.2, 0) is 4.79 Å². The first-order valence-electron chi connectivity index (χ1n) is 11.0. The van der Waals surface area contributed by atoms with Gasteiger partial charge in [-0.2, -0.15) is 0 Å². The van der Waals surface area contributed by atoms with Gasteiger partial charge in [0.2, 0.25) is 11.5 Å². The lowest BCUT2D eigenvalue weighted by atomic mass is 10.1. The molecule has 3 rings (SSSR count). The quantitative estimate of drug-likeness (QED) is 0.240. The molecule has 6 nitrogen and oxygen atoms in total. The monoisotopic (exact) mass is 472 g/mol. The highest BCUT2D eigenvalue weighted by Crippen LogP contribution is 2.53. The summed E-state index contributed by atoms with van der Waals surface area (Å²) in [6, 6.07) is 13.0. The Balaban J connectivity index is 2.22. The van der Waals surface area contributed by atoms with E-state index in [1.54, 1.807) is 26.2 Å². The van der Waals surface area contributed by atoms with E-state index in [0.717, 1.165) is 11.3 Å². The number of ether oxygens (including phenoxy) is 5. The molecule has 0 aliphatic carbocycles. The number of methoxy groups -OCH3 is 1. The second-order valence-electron chi connectivity index (χ2n) is 7.23. The van der Waals surface area contributed by atoms with Gasteiger partial charge in [-0.1, -0.05) is 30.7 Å². The summed E-state index contributed by atoms with van der Waals surface area (Å²) in [5, 5.41) is 1.80. The summed E-state index contributed by atoms with van der Waals surface area (Å²) in [5.74, 6) is 1.84. The minimum atomic E-state index is -0.389. The lowest BCUT2D eigenvalue weighted by Crippen LogP contribution is -2.11. The van der Waals surface area contributed by atoms with E-state index >= 15 is 0 Å². The molecule has 3 aromatic carbocycles. The molecule has 0 saturated heterocycles. The summed E-state index contributed by atoms with van der Waals surface area (Å²) in [6.07, 6.45) is -0.0998. The van der Waals surface area contributed by atoms with E-state index in [2.05, 4.69) is 0 Å². The van der Waals surface area contributed by atoms with Crippen molar-refractivity contribution >= 4 is 28.3 Å². The van der Waals surface area contributed by atoms with Crippen LogP contribution >= 0.6 is 11.6 Å². The van der Waals surface area contributed by atoms with Crippen LogP contribution in [0.2, 0.25) is 5.02 Å². The van der Waals surface area contributed by atoms with Gasteiger partial charge in [-0.15, -0.1) is 0 Å². The molecule has 1 atom stereocenters. The van der Waals surface area contributed by atoms with Crippen LogP contribution in [0, 0.1) is 0 Å². The van der Waals surface area contributed by atoms with Gasteiger partial charge in [0.1, 0.15) is 11.9 Å². The van der Waals surface area contributed by atoms with E-state index in [4.69, 9.17) is 35.3 Å². The molecule has 0 aliphatic heterocycles. The van der Waals surface area contributed by atoms with Crippen molar-refractivity contribution in [2.45, 2.75) is 40.2 Å². The van der Waals surface area contributed by atoms with Gasteiger partial charge < -0.3 is 23.7 Å². The van der Waals surface area contributed by atoms with Crippen LogP contribution < -0.4 is 23.7 Å². The van der Waals surface area contributed by atoms with Crippen molar-refractivity contribution in [3.63, 3.8) is 0 Å². The van der Waals surface area contributed by atoms with Gasteiger partial charge in [0, 0.05) is 22.2 Å². The highest BCUT2D eigenvalue weighted by Gasteiger charge is 2.27. The Hall–Kier alpha value is -3.12. The minimum Gasteiger partial charge on any atom is -0.497 e. The molecule has 0 spiro atoms. The number of carbonyl (C=O) groups excluding carboxylic acids is 1. The van der Waals surface area contributed by atoms with Crippen molar-refractivity contribution in [1.82, 2.24) is 0 Å². The smallest absolute Gasteiger partial charge is 0.311 e. The molecule has 0 saturated carbocycles. The van der Waals surface area contributed by atoms with Crippen molar-refractivity contribution < 1.29 is 28.5 Å². The first-order valence-corrected chi connectivity index (χ1v) is 11.4. The van der Waals surface area contributed by atoms with Crippen LogP contribution in [0.5, 0.6) is 28.7 Å². The SMILES string of the molecule is CCOc1c(OCC)c(OC(C)c2ccc(OC)cc2)c2ccc(Cl)cc2c1OC(=O)CC. The maximum absolute atomic E-state index is 12.2. The Morgan fingerprint density at radius 2 is 1.52 bits per heavy atom. The molecule has 0 aliphatic rings. The summed E-state index contributed by atoms with van der Waals surface area (Å²) >= 11 is 6.31. The van der Waals surface area contributed by atoms with E-state index in [-0.39, 0.29) is 24.2 Å². The Morgan fingerprint density at radius 1 is 0.879 bits per heavy atom. The van der Waals surface area contributed by atoms with Crippen LogP contribution in [0.15, 0.2) is 42.5 Å². The lowest BCUT2D eigenvalue weighted by molar-refractivity contribution is -0.134. The molecule has 1 unspecified atom stereocenters. The summed E-state index contributed by atoms with van der Waals surface area (Å²) in [6.45, 7) is 8.11. The topological polar surface area (TPSA) is 63.2 Å². The van der Waals surface area contributed by atoms with Crippen molar-refractivity contribution in [3.05, 3.63) is 53.1 Å². The number of rotatable bonds is 10. The molecular weight excluding hydrogens is 444 g/mol. The van der Waals surface area contributed by atoms with E-state index < -0.39 is 0 Å². The number of esters is 1. The number of benzene rings is 3. The maximum Gasteiger partial charge on any atom is 0.311 e. The number of halogens is 1. The lowest BCUT2D eigenvalue weighted by Gasteiger charge is -2.24. The average Bonchev–Trinajstić information content (AvgIpc) is 2.83. The van der Waals surface area contributed by atoms with Crippen LogP contribution in [0.3, 0.4) is 0 Å². The molecule has 33 heavy (non-hydrogen) atoms. The van der Waals surface area contributed by atoms with E-state index in [1.807, 2.05) is 51.1 Å². The average molecular weight is 473 g/mol. The first-order chi connectivity index (χ1) is 15.9. The van der Waals surface area contributed by atoms with Crippen molar-refractivity contribution in [1.29, 1.82) is 0 Å².